The van der Waals surface area contributed by atoms with E-state index in [9.17, 15) is 26.4 Å². The lowest BCUT2D eigenvalue weighted by Crippen LogP contribution is -2.31. The highest BCUT2D eigenvalue weighted by Gasteiger charge is 2.29. The molecule has 1 aromatic carbocycles. The molecule has 2 rings (SSSR count). The van der Waals surface area contributed by atoms with Crippen LogP contribution in [0.4, 0.5) is 13.2 Å². The van der Waals surface area contributed by atoms with Crippen molar-refractivity contribution < 1.29 is 35.9 Å². The Morgan fingerprint density at radius 3 is 2.48 bits per heavy atom. The molecule has 0 atom stereocenters. The number of halogens is 4. The molecule has 0 saturated heterocycles. The van der Waals surface area contributed by atoms with Crippen LogP contribution >= 0.6 is 11.6 Å². The second-order valence-corrected chi connectivity index (χ2v) is 7.02. The van der Waals surface area contributed by atoms with Gasteiger partial charge in [0, 0.05) is 6.54 Å². The summed E-state index contributed by atoms with van der Waals surface area (Å²) in [6.07, 6.45) is -3.81. The summed E-state index contributed by atoms with van der Waals surface area (Å²) in [6, 6.07) is 5.23. The molecule has 13 heteroatoms. The molecule has 0 unspecified atom stereocenters. The second kappa shape index (κ2) is 8.15. The van der Waals surface area contributed by atoms with E-state index in [4.69, 9.17) is 16.3 Å². The number of rotatable bonds is 7. The molecule has 0 fully saturated rings. The number of sulfonamides is 1. The fourth-order valence-electron chi connectivity index (χ4n) is 1.92. The van der Waals surface area contributed by atoms with Crippen LogP contribution in [0.25, 0.3) is 0 Å². The maximum absolute atomic E-state index is 12.2. The summed E-state index contributed by atoms with van der Waals surface area (Å²) in [5.74, 6) is -0.713. The smallest absolute Gasteiger partial charge is 0.497 e. The van der Waals surface area contributed by atoms with Gasteiger partial charge >= 0.3 is 6.36 Å². The van der Waals surface area contributed by atoms with E-state index in [2.05, 4.69) is 9.72 Å². The molecule has 1 N–H and O–H groups in total. The Morgan fingerprint density at radius 2 is 1.93 bits per heavy atom. The molecule has 0 bridgehead atoms. The van der Waals surface area contributed by atoms with Crippen LogP contribution in [0.2, 0.25) is 5.15 Å². The van der Waals surface area contributed by atoms with Gasteiger partial charge in [-0.05, 0) is 24.3 Å². The average Bonchev–Trinajstić information content (AvgIpc) is 2.94. The van der Waals surface area contributed by atoms with Crippen LogP contribution in [0.3, 0.4) is 0 Å². The number of hydrogen-bond donors (Lipinski definition) is 1. The Morgan fingerprint density at radius 1 is 1.30 bits per heavy atom. The van der Waals surface area contributed by atoms with Crippen LogP contribution in [0, 0.1) is 0 Å². The molecule has 1 amide bonds. The van der Waals surface area contributed by atoms with Gasteiger partial charge in [-0.3, -0.25) is 9.53 Å². The lowest BCUT2D eigenvalue weighted by atomic mass is 10.3. The van der Waals surface area contributed by atoms with Crippen molar-refractivity contribution in [2.45, 2.75) is 17.8 Å². The van der Waals surface area contributed by atoms with E-state index in [-0.39, 0.29) is 16.6 Å². The number of ether oxygens (including phenoxy) is 2. The summed E-state index contributed by atoms with van der Waals surface area (Å²) in [6.45, 7) is -1.10. The van der Waals surface area contributed by atoms with Gasteiger partial charge in [-0.25, -0.2) is 18.1 Å². The van der Waals surface area contributed by atoms with E-state index in [1.165, 1.54) is 31.4 Å². The highest BCUT2D eigenvalue weighted by molar-refractivity contribution is 7.90. The molecule has 0 saturated carbocycles. The molecular weight excluding hydrogens is 415 g/mol. The number of nitrogens with one attached hydrogen (secondary N) is 1. The minimum absolute atomic E-state index is 0.203. The fourth-order valence-corrected chi connectivity index (χ4v) is 3.14. The van der Waals surface area contributed by atoms with E-state index in [1.54, 1.807) is 4.72 Å². The van der Waals surface area contributed by atoms with Crippen molar-refractivity contribution in [2.24, 2.45) is 0 Å². The van der Waals surface area contributed by atoms with Gasteiger partial charge in [0.15, 0.2) is 5.69 Å². The topological polar surface area (TPSA) is 99.5 Å². The Hall–Kier alpha value is -2.31. The molecule has 8 nitrogen and oxygen atoms in total. The zero-order chi connectivity index (χ0) is 20.2. The van der Waals surface area contributed by atoms with Gasteiger partial charge in [-0.1, -0.05) is 11.6 Å². The van der Waals surface area contributed by atoms with Crippen molar-refractivity contribution in [1.82, 2.24) is 14.3 Å². The number of imidazole rings is 1. The molecule has 2 aromatic rings. The van der Waals surface area contributed by atoms with Crippen molar-refractivity contribution in [3.63, 3.8) is 0 Å². The van der Waals surface area contributed by atoms with Gasteiger partial charge < -0.3 is 9.30 Å². The number of hydrogen-bond acceptors (Lipinski definition) is 6. The molecule has 0 aliphatic carbocycles. The highest BCUT2D eigenvalue weighted by atomic mass is 35.5. The van der Waals surface area contributed by atoms with E-state index in [1.807, 2.05) is 0 Å². The standard InChI is InChI=1S/C14H13ClF3N3O5S/c1-25-9-2-4-10(5-3-9)27(23,24)20-13(22)11-12(15)21(8-19-11)6-7-26-14(16,17)18/h2-5,8H,6-7H2,1H3,(H,20,22). The normalized spacial score (nSPS) is 12.0. The first-order valence-electron chi connectivity index (χ1n) is 7.16. The van der Waals surface area contributed by atoms with Crippen LogP contribution in [-0.2, 0) is 21.3 Å². The molecular formula is C14H13ClF3N3O5S. The average molecular weight is 428 g/mol. The summed E-state index contributed by atoms with van der Waals surface area (Å²) >= 11 is 5.88. The van der Waals surface area contributed by atoms with Gasteiger partial charge in [-0.2, -0.15) is 0 Å². The van der Waals surface area contributed by atoms with Gasteiger partial charge in [0.1, 0.15) is 10.9 Å². The number of aromatic nitrogens is 2. The number of benzene rings is 1. The predicted octanol–water partition coefficient (Wildman–Crippen LogP) is 2.20. The first-order valence-corrected chi connectivity index (χ1v) is 9.02. The van der Waals surface area contributed by atoms with Gasteiger partial charge in [0.2, 0.25) is 0 Å². The van der Waals surface area contributed by atoms with Crippen LogP contribution in [0.1, 0.15) is 10.5 Å². The van der Waals surface area contributed by atoms with E-state index in [0.717, 1.165) is 10.9 Å². The maximum Gasteiger partial charge on any atom is 0.522 e. The minimum Gasteiger partial charge on any atom is -0.497 e. The van der Waals surface area contributed by atoms with E-state index in [0.29, 0.717) is 5.75 Å². The Bertz CT molecular complexity index is 913. The van der Waals surface area contributed by atoms with Crippen molar-refractivity contribution >= 4 is 27.5 Å². The molecule has 0 spiro atoms. The maximum atomic E-state index is 12.2. The predicted molar refractivity (Wildman–Crippen MR) is 86.9 cm³/mol. The summed E-state index contributed by atoms with van der Waals surface area (Å²) in [7, 11) is -2.81. The third kappa shape index (κ3) is 5.58. The zero-order valence-electron chi connectivity index (χ0n) is 13.7. The second-order valence-electron chi connectivity index (χ2n) is 4.98. The highest BCUT2D eigenvalue weighted by Crippen LogP contribution is 2.19. The molecule has 1 heterocycles. The lowest BCUT2D eigenvalue weighted by Gasteiger charge is -2.09. The third-order valence-corrected chi connectivity index (χ3v) is 4.93. The first kappa shape index (κ1) is 21.0. The fraction of sp³-hybridized carbons (Fsp3) is 0.286. The molecule has 0 aliphatic rings. The van der Waals surface area contributed by atoms with Crippen LogP contribution in [-0.4, -0.2) is 44.0 Å². The largest absolute Gasteiger partial charge is 0.522 e. The zero-order valence-corrected chi connectivity index (χ0v) is 15.2. The summed E-state index contributed by atoms with van der Waals surface area (Å²) in [5.41, 5.74) is -0.458. The van der Waals surface area contributed by atoms with Crippen LogP contribution < -0.4 is 9.46 Å². The lowest BCUT2D eigenvalue weighted by molar-refractivity contribution is -0.325. The molecule has 148 valence electrons. The van der Waals surface area contributed by atoms with Crippen molar-refractivity contribution in [3.05, 3.63) is 41.4 Å². The number of nitrogens with zero attached hydrogens (tertiary/aromatic N) is 2. The van der Waals surface area contributed by atoms with Gasteiger partial charge in [0.05, 0.1) is 24.9 Å². The van der Waals surface area contributed by atoms with E-state index < -0.39 is 34.6 Å². The Kier molecular flexibility index (Phi) is 6.34. The Balaban J connectivity index is 2.09. The number of alkyl halides is 3. The number of carbonyl (C=O) groups is 1. The third-order valence-electron chi connectivity index (χ3n) is 3.18. The van der Waals surface area contributed by atoms with Crippen LogP contribution in [0.15, 0.2) is 35.5 Å². The SMILES string of the molecule is COc1ccc(S(=O)(=O)NC(=O)c2ncn(CCOC(F)(F)F)c2Cl)cc1. The van der Waals surface area contributed by atoms with Gasteiger partial charge in [0.25, 0.3) is 15.9 Å². The molecule has 0 radical (unpaired) electrons. The number of carbonyl (C=O) groups excluding carboxylic acids is 1. The van der Waals surface area contributed by atoms with Gasteiger partial charge in [-0.15, -0.1) is 13.2 Å². The summed E-state index contributed by atoms with van der Waals surface area (Å²) in [4.78, 5) is 15.6. The van der Waals surface area contributed by atoms with Crippen molar-refractivity contribution in [1.29, 1.82) is 0 Å². The quantitative estimate of drug-likeness (QED) is 0.727. The minimum atomic E-state index is -4.81. The first-order chi connectivity index (χ1) is 12.5. The van der Waals surface area contributed by atoms with Crippen molar-refractivity contribution in [2.75, 3.05) is 13.7 Å². The molecule has 27 heavy (non-hydrogen) atoms. The molecule has 1 aromatic heterocycles. The van der Waals surface area contributed by atoms with Crippen molar-refractivity contribution in [3.8, 4) is 5.75 Å². The van der Waals surface area contributed by atoms with Crippen LogP contribution in [0.5, 0.6) is 5.75 Å². The number of amides is 1. The monoisotopic (exact) mass is 427 g/mol. The van der Waals surface area contributed by atoms with E-state index >= 15 is 0 Å². The number of methoxy groups -OCH3 is 1. The Labute approximate surface area is 156 Å². The summed E-state index contributed by atoms with van der Waals surface area (Å²) in [5, 5.41) is -0.330. The summed E-state index contributed by atoms with van der Waals surface area (Å²) < 4.78 is 71.7. The molecule has 0 aliphatic heterocycles.